The Morgan fingerprint density at radius 1 is 1.25 bits per heavy atom. The first-order chi connectivity index (χ1) is 7.51. The van der Waals surface area contributed by atoms with E-state index in [0.29, 0.717) is 5.52 Å². The van der Waals surface area contributed by atoms with E-state index < -0.39 is 17.6 Å². The van der Waals surface area contributed by atoms with Crippen molar-refractivity contribution in [1.29, 1.82) is 0 Å². The highest BCUT2D eigenvalue weighted by atomic mass is 19.3. The summed E-state index contributed by atoms with van der Waals surface area (Å²) in [5.41, 5.74) is -0.188. The number of carboxylic acid groups (broad SMARTS) is 1. The summed E-state index contributed by atoms with van der Waals surface area (Å²) in [4.78, 5) is 17.6. The molecule has 0 aliphatic rings. The number of alkyl halides is 2. The van der Waals surface area contributed by atoms with Crippen molar-refractivity contribution in [3.63, 3.8) is 0 Å². The lowest BCUT2D eigenvalue weighted by atomic mass is 10.2. The van der Waals surface area contributed by atoms with Crippen molar-refractivity contribution in [3.05, 3.63) is 36.2 Å². The van der Waals surface area contributed by atoms with Crippen molar-refractivity contribution in [3.8, 4) is 0 Å². The van der Waals surface area contributed by atoms with E-state index in [2.05, 4.69) is 9.97 Å². The molecule has 0 unspecified atom stereocenters. The zero-order chi connectivity index (χ0) is 11.8. The lowest BCUT2D eigenvalue weighted by molar-refractivity contribution is -0.166. The van der Waals surface area contributed by atoms with Crippen LogP contribution in [0.2, 0.25) is 0 Å². The number of hydrogen-bond acceptors (Lipinski definition) is 3. The highest BCUT2D eigenvalue weighted by molar-refractivity contribution is 5.78. The molecule has 0 spiro atoms. The second-order valence-electron chi connectivity index (χ2n) is 3.12. The smallest absolute Gasteiger partial charge is 0.385 e. The summed E-state index contributed by atoms with van der Waals surface area (Å²) >= 11 is 0. The number of fused-ring (bicyclic) bond motifs is 1. The maximum absolute atomic E-state index is 13.1. The molecule has 2 aromatic rings. The van der Waals surface area contributed by atoms with Crippen LogP contribution in [0.15, 0.2) is 30.5 Å². The summed E-state index contributed by atoms with van der Waals surface area (Å²) in [5, 5.41) is 8.35. The molecule has 1 N–H and O–H groups in total. The van der Waals surface area contributed by atoms with Gasteiger partial charge >= 0.3 is 11.9 Å². The quantitative estimate of drug-likeness (QED) is 0.844. The Balaban J connectivity index is 2.59. The molecular formula is C10H6F2N2O2. The second-order valence-corrected chi connectivity index (χ2v) is 3.12. The molecule has 82 valence electrons. The molecule has 1 heterocycles. The lowest BCUT2D eigenvalue weighted by Crippen LogP contribution is -2.26. The molecule has 6 heteroatoms. The van der Waals surface area contributed by atoms with Gasteiger partial charge in [0, 0.05) is 0 Å². The molecule has 0 saturated carbocycles. The Kier molecular flexibility index (Phi) is 2.26. The number of para-hydroxylation sites is 2. The molecule has 2 rings (SSSR count). The third-order valence-electron chi connectivity index (χ3n) is 2.04. The monoisotopic (exact) mass is 224 g/mol. The van der Waals surface area contributed by atoms with Gasteiger partial charge in [-0.05, 0) is 12.1 Å². The zero-order valence-corrected chi connectivity index (χ0v) is 7.89. The highest BCUT2D eigenvalue weighted by Gasteiger charge is 2.43. The summed E-state index contributed by atoms with van der Waals surface area (Å²) in [6.45, 7) is 0. The first-order valence-corrected chi connectivity index (χ1v) is 4.35. The van der Waals surface area contributed by atoms with E-state index in [4.69, 9.17) is 5.11 Å². The van der Waals surface area contributed by atoms with Crippen LogP contribution in [0.5, 0.6) is 0 Å². The number of carboxylic acids is 1. The molecule has 1 aromatic carbocycles. The van der Waals surface area contributed by atoms with Crippen LogP contribution in [0.1, 0.15) is 5.69 Å². The molecule has 0 aliphatic carbocycles. The van der Waals surface area contributed by atoms with Crippen LogP contribution in [-0.4, -0.2) is 21.0 Å². The fourth-order valence-electron chi connectivity index (χ4n) is 1.22. The van der Waals surface area contributed by atoms with E-state index in [1.165, 1.54) is 6.07 Å². The van der Waals surface area contributed by atoms with E-state index in [-0.39, 0.29) is 5.52 Å². The van der Waals surface area contributed by atoms with Crippen molar-refractivity contribution >= 4 is 17.0 Å². The number of aromatic nitrogens is 2. The van der Waals surface area contributed by atoms with E-state index >= 15 is 0 Å². The fraction of sp³-hybridized carbons (Fsp3) is 0.100. The van der Waals surface area contributed by atoms with Gasteiger partial charge in [-0.3, -0.25) is 4.98 Å². The fourth-order valence-corrected chi connectivity index (χ4v) is 1.22. The van der Waals surface area contributed by atoms with Gasteiger partial charge < -0.3 is 5.11 Å². The first-order valence-electron chi connectivity index (χ1n) is 4.35. The van der Waals surface area contributed by atoms with Crippen molar-refractivity contribution in [1.82, 2.24) is 9.97 Å². The molecule has 16 heavy (non-hydrogen) atoms. The lowest BCUT2D eigenvalue weighted by Gasteiger charge is -2.10. The Morgan fingerprint density at radius 3 is 2.50 bits per heavy atom. The van der Waals surface area contributed by atoms with Crippen LogP contribution in [0.25, 0.3) is 11.0 Å². The van der Waals surface area contributed by atoms with Crippen LogP contribution in [-0.2, 0) is 10.7 Å². The van der Waals surface area contributed by atoms with E-state index in [1.54, 1.807) is 18.2 Å². The molecule has 4 nitrogen and oxygen atoms in total. The SMILES string of the molecule is O=C(O)C(F)(F)c1cnc2ccccc2n1. The minimum Gasteiger partial charge on any atom is -0.476 e. The van der Waals surface area contributed by atoms with Gasteiger partial charge in [0.15, 0.2) is 0 Å². The third kappa shape index (κ3) is 1.58. The molecule has 0 radical (unpaired) electrons. The van der Waals surface area contributed by atoms with Gasteiger partial charge in [0.2, 0.25) is 0 Å². The van der Waals surface area contributed by atoms with Gasteiger partial charge in [-0.1, -0.05) is 12.1 Å². The average molecular weight is 224 g/mol. The van der Waals surface area contributed by atoms with E-state index in [1.807, 2.05) is 0 Å². The molecular weight excluding hydrogens is 218 g/mol. The molecule has 0 atom stereocenters. The topological polar surface area (TPSA) is 63.1 Å². The van der Waals surface area contributed by atoms with Gasteiger partial charge in [0.1, 0.15) is 5.69 Å². The number of carbonyl (C=O) groups is 1. The van der Waals surface area contributed by atoms with Crippen LogP contribution in [0, 0.1) is 0 Å². The van der Waals surface area contributed by atoms with E-state index in [0.717, 1.165) is 6.20 Å². The van der Waals surface area contributed by atoms with Gasteiger partial charge in [0.25, 0.3) is 0 Å². The summed E-state index contributed by atoms with van der Waals surface area (Å²) in [5.74, 6) is -6.26. The summed E-state index contributed by atoms with van der Waals surface area (Å²) in [6, 6.07) is 6.39. The molecule has 0 bridgehead atoms. The third-order valence-corrected chi connectivity index (χ3v) is 2.04. The number of nitrogens with zero attached hydrogens (tertiary/aromatic N) is 2. The first kappa shape index (κ1) is 10.4. The minimum atomic E-state index is -4.02. The highest BCUT2D eigenvalue weighted by Crippen LogP contribution is 2.26. The van der Waals surface area contributed by atoms with Crippen LogP contribution >= 0.6 is 0 Å². The summed E-state index contributed by atoms with van der Waals surface area (Å²) in [6.07, 6.45) is 0.774. The summed E-state index contributed by atoms with van der Waals surface area (Å²) in [7, 11) is 0. The molecule has 0 saturated heterocycles. The summed E-state index contributed by atoms with van der Waals surface area (Å²) < 4.78 is 26.2. The van der Waals surface area contributed by atoms with Crippen LogP contribution in [0.4, 0.5) is 8.78 Å². The zero-order valence-electron chi connectivity index (χ0n) is 7.89. The van der Waals surface area contributed by atoms with E-state index in [9.17, 15) is 13.6 Å². The molecule has 0 fully saturated rings. The molecule has 0 amide bonds. The maximum atomic E-state index is 13.1. The number of benzene rings is 1. The standard InChI is InChI=1S/C10H6F2N2O2/c11-10(12,9(15)16)8-5-13-6-3-1-2-4-7(6)14-8/h1-5H,(H,15,16). The Hall–Kier alpha value is -2.11. The van der Waals surface area contributed by atoms with Gasteiger partial charge in [-0.25, -0.2) is 9.78 Å². The molecule has 1 aromatic heterocycles. The van der Waals surface area contributed by atoms with Crippen molar-refractivity contribution in [2.24, 2.45) is 0 Å². The van der Waals surface area contributed by atoms with Crippen molar-refractivity contribution in [2.45, 2.75) is 5.92 Å². The maximum Gasteiger partial charge on any atom is 0.385 e. The van der Waals surface area contributed by atoms with Crippen LogP contribution < -0.4 is 0 Å². The average Bonchev–Trinajstić information content (AvgIpc) is 2.28. The predicted octanol–water partition coefficient (Wildman–Crippen LogP) is 1.81. The van der Waals surface area contributed by atoms with Crippen LogP contribution in [0.3, 0.4) is 0 Å². The predicted molar refractivity (Wildman–Crippen MR) is 51.1 cm³/mol. The van der Waals surface area contributed by atoms with Gasteiger partial charge in [-0.2, -0.15) is 8.78 Å². The Bertz CT molecular complexity index is 557. The van der Waals surface area contributed by atoms with Gasteiger partial charge in [-0.15, -0.1) is 0 Å². The van der Waals surface area contributed by atoms with Gasteiger partial charge in [0.05, 0.1) is 17.2 Å². The number of hydrogen-bond donors (Lipinski definition) is 1. The largest absolute Gasteiger partial charge is 0.476 e. The van der Waals surface area contributed by atoms with Crippen molar-refractivity contribution < 1.29 is 18.7 Å². The Labute approximate surface area is 88.6 Å². The second kappa shape index (κ2) is 3.48. The minimum absolute atomic E-state index is 0.237. The van der Waals surface area contributed by atoms with Crippen molar-refractivity contribution in [2.75, 3.05) is 0 Å². The number of halogens is 2. The molecule has 0 aliphatic heterocycles. The number of rotatable bonds is 2. The normalized spacial score (nSPS) is 11.6. The number of aliphatic carboxylic acids is 1. The Morgan fingerprint density at radius 2 is 1.88 bits per heavy atom.